The molecule has 1 spiro atoms. The summed E-state index contributed by atoms with van der Waals surface area (Å²) in [5.74, 6) is 0. The average Bonchev–Trinajstić information content (AvgIpc) is 3.51. The molecule has 2 heterocycles. The molecule has 2 aliphatic rings. The van der Waals surface area contributed by atoms with Gasteiger partial charge in [0.05, 0.1) is 5.69 Å². The number of nitrogens with zero attached hydrogens (tertiary/aromatic N) is 1. The second-order valence-electron chi connectivity index (χ2n) is 9.65. The summed E-state index contributed by atoms with van der Waals surface area (Å²) in [4.78, 5) is 4.75. The van der Waals surface area contributed by atoms with Crippen LogP contribution >= 0.6 is 0 Å². The van der Waals surface area contributed by atoms with E-state index in [0.717, 1.165) is 22.4 Å². The van der Waals surface area contributed by atoms with Crippen molar-refractivity contribution in [3.8, 4) is 22.4 Å². The number of benzene rings is 3. The van der Waals surface area contributed by atoms with Gasteiger partial charge in [0.15, 0.2) is 0 Å². The zero-order chi connectivity index (χ0) is 21.4. The van der Waals surface area contributed by atoms with Crippen LogP contribution in [-0.4, -0.2) is 4.98 Å². The van der Waals surface area contributed by atoms with E-state index >= 15 is 0 Å². The molecule has 156 valence electrons. The summed E-state index contributed by atoms with van der Waals surface area (Å²) in [6.07, 6.45) is 6.97. The van der Waals surface area contributed by atoms with Gasteiger partial charge in [0.25, 0.3) is 0 Å². The lowest BCUT2D eigenvalue weighted by molar-refractivity contribution is 0.554. The van der Waals surface area contributed by atoms with Crippen LogP contribution in [0, 0.1) is 13.8 Å². The highest BCUT2D eigenvalue weighted by molar-refractivity contribution is 6.14. The molecule has 0 radical (unpaired) electrons. The Morgan fingerprint density at radius 3 is 2.50 bits per heavy atom. The van der Waals surface area contributed by atoms with E-state index in [0.29, 0.717) is 0 Å². The quantitative estimate of drug-likeness (QED) is 0.276. The van der Waals surface area contributed by atoms with Gasteiger partial charge in [-0.1, -0.05) is 61.4 Å². The molecule has 2 aromatic heterocycles. The normalized spacial score (nSPS) is 16.2. The fraction of sp³-hybridized carbons (Fsp3) is 0.233. The van der Waals surface area contributed by atoms with Gasteiger partial charge in [-0.15, -0.1) is 0 Å². The standard InChI is InChI=1S/C30H25NO/c1-18-9-13-24(31-17-18)26-19(2)10-11-22-27-25(32-29(22)26)14-12-21-20-7-3-4-8-23(20)30(28(21)27)15-5-6-16-30/h3-4,7-14,17H,5-6,15-16H2,1-2H3. The van der Waals surface area contributed by atoms with Crippen molar-refractivity contribution in [2.75, 3.05) is 0 Å². The van der Waals surface area contributed by atoms with E-state index < -0.39 is 0 Å². The van der Waals surface area contributed by atoms with Gasteiger partial charge in [0, 0.05) is 27.9 Å². The Kier molecular flexibility index (Phi) is 3.60. The summed E-state index contributed by atoms with van der Waals surface area (Å²) in [6.45, 7) is 4.23. The largest absolute Gasteiger partial charge is 0.455 e. The first kappa shape index (κ1) is 18.2. The number of fused-ring (bicyclic) bond motifs is 9. The second-order valence-corrected chi connectivity index (χ2v) is 9.65. The van der Waals surface area contributed by atoms with Crippen molar-refractivity contribution in [2.24, 2.45) is 0 Å². The number of rotatable bonds is 1. The number of furan rings is 1. The van der Waals surface area contributed by atoms with Gasteiger partial charge >= 0.3 is 0 Å². The molecule has 3 aromatic carbocycles. The van der Waals surface area contributed by atoms with Gasteiger partial charge in [0.1, 0.15) is 11.2 Å². The Bertz CT molecular complexity index is 1530. The van der Waals surface area contributed by atoms with E-state index in [4.69, 9.17) is 9.40 Å². The molecular formula is C30H25NO. The number of aryl methyl sites for hydroxylation is 2. The molecule has 1 fully saturated rings. The van der Waals surface area contributed by atoms with Gasteiger partial charge in [-0.05, 0) is 72.2 Å². The maximum Gasteiger partial charge on any atom is 0.145 e. The summed E-state index contributed by atoms with van der Waals surface area (Å²) in [7, 11) is 0. The Morgan fingerprint density at radius 2 is 1.69 bits per heavy atom. The van der Waals surface area contributed by atoms with Crippen molar-refractivity contribution in [2.45, 2.75) is 44.9 Å². The van der Waals surface area contributed by atoms with E-state index in [1.807, 2.05) is 6.20 Å². The van der Waals surface area contributed by atoms with Crippen LogP contribution in [0.25, 0.3) is 44.3 Å². The third-order valence-electron chi connectivity index (χ3n) is 7.85. The number of pyridine rings is 1. The van der Waals surface area contributed by atoms with Gasteiger partial charge < -0.3 is 4.42 Å². The predicted octanol–water partition coefficient (Wildman–Crippen LogP) is 8.11. The van der Waals surface area contributed by atoms with E-state index in [9.17, 15) is 0 Å². The molecule has 5 aromatic rings. The molecule has 32 heavy (non-hydrogen) atoms. The predicted molar refractivity (Wildman–Crippen MR) is 131 cm³/mol. The summed E-state index contributed by atoms with van der Waals surface area (Å²) in [5.41, 5.74) is 12.4. The number of hydrogen-bond acceptors (Lipinski definition) is 2. The minimum atomic E-state index is 0.120. The SMILES string of the molecule is Cc1ccc(-c2c(C)ccc3c2oc2ccc4c(c23)C2(CCCC2)c2ccccc2-4)nc1. The minimum absolute atomic E-state index is 0.120. The van der Waals surface area contributed by atoms with Crippen LogP contribution in [0.5, 0.6) is 0 Å². The van der Waals surface area contributed by atoms with Crippen LogP contribution in [0.3, 0.4) is 0 Å². The maximum atomic E-state index is 6.64. The van der Waals surface area contributed by atoms with Gasteiger partial charge in [-0.25, -0.2) is 0 Å². The monoisotopic (exact) mass is 415 g/mol. The molecule has 0 amide bonds. The molecular weight excluding hydrogens is 390 g/mol. The third-order valence-corrected chi connectivity index (χ3v) is 7.85. The van der Waals surface area contributed by atoms with Crippen LogP contribution in [0.4, 0.5) is 0 Å². The fourth-order valence-electron chi connectivity index (χ4n) is 6.45. The molecule has 0 aliphatic heterocycles. The first-order valence-corrected chi connectivity index (χ1v) is 11.7. The first-order chi connectivity index (χ1) is 15.7. The van der Waals surface area contributed by atoms with E-state index in [1.54, 1.807) is 0 Å². The fourth-order valence-corrected chi connectivity index (χ4v) is 6.45. The molecule has 0 atom stereocenters. The third kappa shape index (κ3) is 2.22. The molecule has 2 aliphatic carbocycles. The zero-order valence-corrected chi connectivity index (χ0v) is 18.5. The number of aromatic nitrogens is 1. The van der Waals surface area contributed by atoms with Crippen LogP contribution < -0.4 is 0 Å². The first-order valence-electron chi connectivity index (χ1n) is 11.7. The van der Waals surface area contributed by atoms with Crippen LogP contribution in [0.1, 0.15) is 47.9 Å². The number of hydrogen-bond donors (Lipinski definition) is 0. The van der Waals surface area contributed by atoms with Crippen LogP contribution in [0.2, 0.25) is 0 Å². The van der Waals surface area contributed by atoms with E-state index in [1.165, 1.54) is 69.8 Å². The van der Waals surface area contributed by atoms with Crippen molar-refractivity contribution < 1.29 is 4.42 Å². The van der Waals surface area contributed by atoms with Crippen molar-refractivity contribution in [1.29, 1.82) is 0 Å². The maximum absolute atomic E-state index is 6.64. The Hall–Kier alpha value is -3.39. The Balaban J connectivity index is 1.61. The van der Waals surface area contributed by atoms with Crippen molar-refractivity contribution in [3.63, 3.8) is 0 Å². The molecule has 0 saturated heterocycles. The molecule has 1 saturated carbocycles. The topological polar surface area (TPSA) is 26.0 Å². The molecule has 7 rings (SSSR count). The summed E-state index contributed by atoms with van der Waals surface area (Å²) >= 11 is 0. The van der Waals surface area contributed by atoms with Gasteiger partial charge in [-0.2, -0.15) is 0 Å². The highest BCUT2D eigenvalue weighted by atomic mass is 16.3. The molecule has 2 nitrogen and oxygen atoms in total. The lowest BCUT2D eigenvalue weighted by Crippen LogP contribution is -2.20. The van der Waals surface area contributed by atoms with E-state index in [2.05, 4.69) is 74.5 Å². The van der Waals surface area contributed by atoms with Crippen LogP contribution in [-0.2, 0) is 5.41 Å². The highest BCUT2D eigenvalue weighted by Gasteiger charge is 2.46. The summed E-state index contributed by atoms with van der Waals surface area (Å²) in [6, 6.07) is 22.3. The summed E-state index contributed by atoms with van der Waals surface area (Å²) < 4.78 is 6.64. The van der Waals surface area contributed by atoms with E-state index in [-0.39, 0.29) is 5.41 Å². The Morgan fingerprint density at radius 1 is 0.844 bits per heavy atom. The zero-order valence-electron chi connectivity index (χ0n) is 18.5. The Labute approximate surface area is 187 Å². The van der Waals surface area contributed by atoms with Crippen molar-refractivity contribution >= 4 is 21.9 Å². The van der Waals surface area contributed by atoms with Crippen molar-refractivity contribution in [1.82, 2.24) is 4.98 Å². The van der Waals surface area contributed by atoms with Crippen LogP contribution in [0.15, 0.2) is 71.3 Å². The van der Waals surface area contributed by atoms with Crippen molar-refractivity contribution in [3.05, 3.63) is 89.1 Å². The lowest BCUT2D eigenvalue weighted by atomic mass is 9.75. The lowest BCUT2D eigenvalue weighted by Gasteiger charge is -2.27. The minimum Gasteiger partial charge on any atom is -0.455 e. The molecule has 0 unspecified atom stereocenters. The average molecular weight is 416 g/mol. The van der Waals surface area contributed by atoms with Gasteiger partial charge in [0.2, 0.25) is 0 Å². The summed E-state index contributed by atoms with van der Waals surface area (Å²) in [5, 5.41) is 2.53. The molecule has 0 bridgehead atoms. The van der Waals surface area contributed by atoms with Gasteiger partial charge in [-0.3, -0.25) is 4.98 Å². The second kappa shape index (κ2) is 6.32. The smallest absolute Gasteiger partial charge is 0.145 e. The highest BCUT2D eigenvalue weighted by Crippen LogP contribution is 2.59. The molecule has 2 heteroatoms. The molecule has 0 N–H and O–H groups in total.